The van der Waals surface area contributed by atoms with Gasteiger partial charge >= 0.3 is 0 Å². The van der Waals surface area contributed by atoms with Gasteiger partial charge in [0.25, 0.3) is 0 Å². The Bertz CT molecular complexity index is 634. The molecule has 1 aliphatic carbocycles. The maximum absolute atomic E-state index is 11.6. The summed E-state index contributed by atoms with van der Waals surface area (Å²) in [5.41, 5.74) is 6.10. The van der Waals surface area contributed by atoms with Crippen molar-refractivity contribution in [1.29, 1.82) is 0 Å². The molecule has 0 radical (unpaired) electrons. The van der Waals surface area contributed by atoms with Crippen molar-refractivity contribution >= 4 is 11.6 Å². The molecule has 0 atom stereocenters. The summed E-state index contributed by atoms with van der Waals surface area (Å²) < 4.78 is 0. The van der Waals surface area contributed by atoms with Gasteiger partial charge in [-0.2, -0.15) is 0 Å². The normalized spacial score (nSPS) is 11.8. The fourth-order valence-electron chi connectivity index (χ4n) is 2.59. The van der Waals surface area contributed by atoms with Crippen molar-refractivity contribution in [3.8, 4) is 11.1 Å². The van der Waals surface area contributed by atoms with Gasteiger partial charge in [0.05, 0.1) is 6.54 Å². The van der Waals surface area contributed by atoms with E-state index in [1.54, 1.807) is 7.05 Å². The Balaban J connectivity index is 1.87. The molecular formula is C16H16N2O. The van der Waals surface area contributed by atoms with Crippen molar-refractivity contribution in [3.05, 3.63) is 53.6 Å². The molecule has 0 saturated heterocycles. The molecule has 3 nitrogen and oxygen atoms in total. The number of nitrogens with one attached hydrogen (secondary N) is 2. The van der Waals surface area contributed by atoms with Crippen LogP contribution in [0.1, 0.15) is 11.1 Å². The van der Waals surface area contributed by atoms with E-state index in [2.05, 4.69) is 47.0 Å². The van der Waals surface area contributed by atoms with E-state index in [0.29, 0.717) is 6.54 Å². The molecule has 2 aromatic rings. The van der Waals surface area contributed by atoms with E-state index in [0.717, 1.165) is 12.1 Å². The maximum atomic E-state index is 11.6. The van der Waals surface area contributed by atoms with Crippen molar-refractivity contribution in [2.24, 2.45) is 0 Å². The third kappa shape index (κ3) is 2.25. The minimum Gasteiger partial charge on any atom is -0.325 e. The lowest BCUT2D eigenvalue weighted by atomic mass is 10.1. The Labute approximate surface area is 112 Å². The average Bonchev–Trinajstić information content (AvgIpc) is 2.76. The molecule has 0 bridgehead atoms. The summed E-state index contributed by atoms with van der Waals surface area (Å²) in [6.45, 7) is 0.331. The molecule has 0 spiro atoms. The van der Waals surface area contributed by atoms with Crippen LogP contribution in [0.2, 0.25) is 0 Å². The van der Waals surface area contributed by atoms with Gasteiger partial charge in [-0.25, -0.2) is 0 Å². The van der Waals surface area contributed by atoms with Gasteiger partial charge in [-0.3, -0.25) is 4.79 Å². The average molecular weight is 252 g/mol. The molecule has 96 valence electrons. The van der Waals surface area contributed by atoms with Crippen LogP contribution in [-0.2, 0) is 11.2 Å². The number of anilines is 1. The molecule has 0 saturated carbocycles. The minimum atomic E-state index is -0.0158. The smallest absolute Gasteiger partial charge is 0.238 e. The van der Waals surface area contributed by atoms with E-state index in [1.807, 2.05) is 6.07 Å². The second-order valence-corrected chi connectivity index (χ2v) is 4.78. The Morgan fingerprint density at radius 3 is 2.74 bits per heavy atom. The van der Waals surface area contributed by atoms with Gasteiger partial charge in [0.15, 0.2) is 0 Å². The van der Waals surface area contributed by atoms with E-state index < -0.39 is 0 Å². The molecular weight excluding hydrogens is 236 g/mol. The predicted molar refractivity (Wildman–Crippen MR) is 77.2 cm³/mol. The van der Waals surface area contributed by atoms with E-state index in [1.165, 1.54) is 22.3 Å². The van der Waals surface area contributed by atoms with Crippen LogP contribution in [0.25, 0.3) is 11.1 Å². The van der Waals surface area contributed by atoms with Crippen LogP contribution in [-0.4, -0.2) is 19.5 Å². The molecule has 1 amide bonds. The van der Waals surface area contributed by atoms with Gasteiger partial charge in [-0.15, -0.1) is 0 Å². The van der Waals surface area contributed by atoms with Gasteiger partial charge in [-0.05, 0) is 47.9 Å². The zero-order chi connectivity index (χ0) is 13.2. The van der Waals surface area contributed by atoms with Crippen molar-refractivity contribution in [3.63, 3.8) is 0 Å². The number of rotatable bonds is 3. The Morgan fingerprint density at radius 2 is 1.89 bits per heavy atom. The number of hydrogen-bond acceptors (Lipinski definition) is 2. The first-order chi connectivity index (χ1) is 9.28. The van der Waals surface area contributed by atoms with Crippen LogP contribution < -0.4 is 10.6 Å². The molecule has 2 N–H and O–H groups in total. The second kappa shape index (κ2) is 4.86. The zero-order valence-electron chi connectivity index (χ0n) is 10.9. The van der Waals surface area contributed by atoms with Crippen LogP contribution in [0.3, 0.4) is 0 Å². The molecule has 3 rings (SSSR count). The SMILES string of the molecule is CNCC(=O)Nc1ccc2c(c1)Cc1ccccc1-2. The lowest BCUT2D eigenvalue weighted by Gasteiger charge is -2.07. The third-order valence-corrected chi connectivity index (χ3v) is 3.41. The first kappa shape index (κ1) is 11.9. The topological polar surface area (TPSA) is 41.1 Å². The second-order valence-electron chi connectivity index (χ2n) is 4.78. The summed E-state index contributed by atoms with van der Waals surface area (Å²) in [6.07, 6.45) is 0.946. The summed E-state index contributed by atoms with van der Waals surface area (Å²) in [6, 6.07) is 14.6. The fourth-order valence-corrected chi connectivity index (χ4v) is 2.59. The van der Waals surface area contributed by atoms with Crippen LogP contribution in [0.4, 0.5) is 5.69 Å². The summed E-state index contributed by atoms with van der Waals surface area (Å²) >= 11 is 0. The van der Waals surface area contributed by atoms with E-state index in [4.69, 9.17) is 0 Å². The quantitative estimate of drug-likeness (QED) is 0.751. The molecule has 19 heavy (non-hydrogen) atoms. The predicted octanol–water partition coefficient (Wildman–Crippen LogP) is 2.42. The number of fused-ring (bicyclic) bond motifs is 3. The van der Waals surface area contributed by atoms with E-state index >= 15 is 0 Å². The van der Waals surface area contributed by atoms with Gasteiger partial charge < -0.3 is 10.6 Å². The molecule has 0 unspecified atom stereocenters. The first-order valence-corrected chi connectivity index (χ1v) is 6.43. The number of amides is 1. The van der Waals surface area contributed by atoms with Crippen molar-refractivity contribution in [1.82, 2.24) is 5.32 Å². The first-order valence-electron chi connectivity index (χ1n) is 6.43. The summed E-state index contributed by atoms with van der Waals surface area (Å²) in [4.78, 5) is 11.6. The lowest BCUT2D eigenvalue weighted by molar-refractivity contribution is -0.115. The van der Waals surface area contributed by atoms with Gasteiger partial charge in [0.2, 0.25) is 5.91 Å². The van der Waals surface area contributed by atoms with Gasteiger partial charge in [0.1, 0.15) is 0 Å². The minimum absolute atomic E-state index is 0.0158. The summed E-state index contributed by atoms with van der Waals surface area (Å²) in [5.74, 6) is -0.0158. The van der Waals surface area contributed by atoms with Crippen molar-refractivity contribution in [2.75, 3.05) is 18.9 Å². The van der Waals surface area contributed by atoms with E-state index in [-0.39, 0.29) is 5.91 Å². The van der Waals surface area contributed by atoms with Crippen molar-refractivity contribution in [2.45, 2.75) is 6.42 Å². The van der Waals surface area contributed by atoms with E-state index in [9.17, 15) is 4.79 Å². The van der Waals surface area contributed by atoms with Crippen molar-refractivity contribution < 1.29 is 4.79 Å². The monoisotopic (exact) mass is 252 g/mol. The number of hydrogen-bond donors (Lipinski definition) is 2. The highest BCUT2D eigenvalue weighted by Crippen LogP contribution is 2.37. The highest BCUT2D eigenvalue weighted by Gasteiger charge is 2.17. The largest absolute Gasteiger partial charge is 0.325 e. The third-order valence-electron chi connectivity index (χ3n) is 3.41. The lowest BCUT2D eigenvalue weighted by Crippen LogP contribution is -2.25. The molecule has 1 aliphatic rings. The summed E-state index contributed by atoms with van der Waals surface area (Å²) in [7, 11) is 1.76. The number of carbonyl (C=O) groups excluding carboxylic acids is 1. The highest BCUT2D eigenvalue weighted by atomic mass is 16.1. The summed E-state index contributed by atoms with van der Waals surface area (Å²) in [5, 5.41) is 5.74. The Kier molecular flexibility index (Phi) is 3.05. The van der Waals surface area contributed by atoms with Crippen LogP contribution in [0, 0.1) is 0 Å². The molecule has 0 fully saturated rings. The fraction of sp³-hybridized carbons (Fsp3) is 0.188. The highest BCUT2D eigenvalue weighted by molar-refractivity contribution is 5.93. The standard InChI is InChI=1S/C16H16N2O/c1-17-10-16(19)18-13-6-7-15-12(9-13)8-11-4-2-3-5-14(11)15/h2-7,9,17H,8,10H2,1H3,(H,18,19). The molecule has 0 heterocycles. The molecule has 0 aliphatic heterocycles. The number of likely N-dealkylation sites (N-methyl/N-ethyl adjacent to an activating group) is 1. The molecule has 0 aromatic heterocycles. The molecule has 2 aromatic carbocycles. The van der Waals surface area contributed by atoms with Crippen LogP contribution in [0.5, 0.6) is 0 Å². The Hall–Kier alpha value is -2.13. The maximum Gasteiger partial charge on any atom is 0.238 e. The number of benzene rings is 2. The van der Waals surface area contributed by atoms with Gasteiger partial charge in [-0.1, -0.05) is 30.3 Å². The Morgan fingerprint density at radius 1 is 1.11 bits per heavy atom. The van der Waals surface area contributed by atoms with Crippen LogP contribution in [0.15, 0.2) is 42.5 Å². The zero-order valence-corrected chi connectivity index (χ0v) is 10.9. The van der Waals surface area contributed by atoms with Gasteiger partial charge in [0, 0.05) is 5.69 Å². The molecule has 3 heteroatoms. The number of carbonyl (C=O) groups is 1. The van der Waals surface area contributed by atoms with Crippen LogP contribution >= 0.6 is 0 Å².